The molecule has 1 amide bonds. The summed E-state index contributed by atoms with van der Waals surface area (Å²) in [5, 5.41) is 20.2. The summed E-state index contributed by atoms with van der Waals surface area (Å²) < 4.78 is 13.2. The van der Waals surface area contributed by atoms with Crippen molar-refractivity contribution in [3.05, 3.63) is 114 Å². The number of benzene rings is 4. The van der Waals surface area contributed by atoms with Crippen LogP contribution >= 0.6 is 11.8 Å². The minimum Gasteiger partial charge on any atom is -0.508 e. The van der Waals surface area contributed by atoms with Gasteiger partial charge in [-0.25, -0.2) is 4.39 Å². The number of Topliss-reactive ketones (excluding diaryl/α,β-unsaturated/α-hetero) is 1. The van der Waals surface area contributed by atoms with Gasteiger partial charge in [-0.2, -0.15) is 0 Å². The monoisotopic (exact) mass is 499 g/mol. The van der Waals surface area contributed by atoms with Gasteiger partial charge in [0.25, 0.3) is 0 Å². The van der Waals surface area contributed by atoms with E-state index in [1.165, 1.54) is 36.0 Å². The molecule has 0 unspecified atom stereocenters. The molecular formula is C29H22FNO4S. The second-order valence-corrected chi connectivity index (χ2v) is 9.60. The molecule has 4 aromatic carbocycles. The molecule has 0 spiro atoms. The summed E-state index contributed by atoms with van der Waals surface area (Å²) in [6, 6.07) is 26.0. The summed E-state index contributed by atoms with van der Waals surface area (Å²) in [5.74, 6) is -0.587. The Bertz CT molecular complexity index is 1430. The first kappa shape index (κ1) is 23.6. The zero-order chi connectivity index (χ0) is 25.2. The van der Waals surface area contributed by atoms with Gasteiger partial charge >= 0.3 is 0 Å². The predicted octanol–water partition coefficient (Wildman–Crippen LogP) is 5.98. The second-order valence-electron chi connectivity index (χ2n) is 8.47. The van der Waals surface area contributed by atoms with Crippen LogP contribution in [0.2, 0.25) is 0 Å². The average molecular weight is 500 g/mol. The van der Waals surface area contributed by atoms with Crippen LogP contribution in [-0.2, 0) is 4.79 Å². The first-order valence-corrected chi connectivity index (χ1v) is 12.4. The molecule has 2 atom stereocenters. The van der Waals surface area contributed by atoms with Crippen LogP contribution in [0.5, 0.6) is 11.5 Å². The first-order valence-electron chi connectivity index (χ1n) is 11.3. The van der Waals surface area contributed by atoms with Crippen LogP contribution in [0.25, 0.3) is 11.1 Å². The number of halogens is 1. The molecule has 5 nitrogen and oxygen atoms in total. The second kappa shape index (κ2) is 9.87. The number of rotatable bonds is 7. The molecule has 0 bridgehead atoms. The molecular weight excluding hydrogens is 477 g/mol. The molecule has 1 fully saturated rings. The SMILES string of the molecule is O=C(CS[C@H]1C(=O)N(c2ccccc2)[C@@H]1c1ccc(-c2cccc(O)c2)cc1O)c1ccc(F)cc1. The summed E-state index contributed by atoms with van der Waals surface area (Å²) in [5.41, 5.74) is 3.11. The number of aromatic hydroxyl groups is 2. The normalized spacial score (nSPS) is 17.0. The van der Waals surface area contributed by atoms with Crippen molar-refractivity contribution in [2.24, 2.45) is 0 Å². The summed E-state index contributed by atoms with van der Waals surface area (Å²) in [7, 11) is 0. The lowest BCUT2D eigenvalue weighted by molar-refractivity contribution is -0.123. The van der Waals surface area contributed by atoms with E-state index in [-0.39, 0.29) is 28.9 Å². The lowest BCUT2D eigenvalue weighted by Gasteiger charge is -2.47. The number of hydrogen-bond donors (Lipinski definition) is 2. The minimum absolute atomic E-state index is 0.0183. The maximum Gasteiger partial charge on any atom is 0.243 e. The molecule has 0 radical (unpaired) electrons. The Morgan fingerprint density at radius 2 is 1.58 bits per heavy atom. The van der Waals surface area contributed by atoms with Crippen molar-refractivity contribution in [3.63, 3.8) is 0 Å². The number of carbonyl (C=O) groups is 2. The van der Waals surface area contributed by atoms with Gasteiger partial charge in [-0.1, -0.05) is 42.5 Å². The van der Waals surface area contributed by atoms with Gasteiger partial charge in [0, 0.05) is 16.8 Å². The van der Waals surface area contributed by atoms with Gasteiger partial charge in [0.05, 0.1) is 11.8 Å². The number of ketones is 1. The molecule has 1 aliphatic rings. The molecule has 0 aromatic heterocycles. The number of carbonyl (C=O) groups excluding carboxylic acids is 2. The van der Waals surface area contributed by atoms with E-state index in [0.29, 0.717) is 16.8 Å². The van der Waals surface area contributed by atoms with Crippen molar-refractivity contribution in [3.8, 4) is 22.6 Å². The summed E-state index contributed by atoms with van der Waals surface area (Å²) in [6.45, 7) is 0. The molecule has 1 heterocycles. The highest BCUT2D eigenvalue weighted by Crippen LogP contribution is 2.48. The van der Waals surface area contributed by atoms with E-state index < -0.39 is 17.1 Å². The smallest absolute Gasteiger partial charge is 0.243 e. The van der Waals surface area contributed by atoms with Crippen LogP contribution in [0.1, 0.15) is 22.0 Å². The number of hydrogen-bond acceptors (Lipinski definition) is 5. The van der Waals surface area contributed by atoms with Crippen molar-refractivity contribution >= 4 is 29.1 Å². The van der Waals surface area contributed by atoms with Crippen LogP contribution < -0.4 is 4.90 Å². The van der Waals surface area contributed by atoms with Gasteiger partial charge in [0.1, 0.15) is 22.6 Å². The van der Waals surface area contributed by atoms with E-state index in [4.69, 9.17) is 0 Å². The van der Waals surface area contributed by atoms with Crippen molar-refractivity contribution < 1.29 is 24.2 Å². The van der Waals surface area contributed by atoms with E-state index >= 15 is 0 Å². The Morgan fingerprint density at radius 3 is 2.28 bits per heavy atom. The molecule has 0 aliphatic carbocycles. The van der Waals surface area contributed by atoms with Crippen LogP contribution in [-0.4, -0.2) is 32.9 Å². The van der Waals surface area contributed by atoms with E-state index in [9.17, 15) is 24.2 Å². The highest BCUT2D eigenvalue weighted by molar-refractivity contribution is 8.01. The van der Waals surface area contributed by atoms with E-state index in [1.54, 1.807) is 35.2 Å². The van der Waals surface area contributed by atoms with Crippen LogP contribution in [0.4, 0.5) is 10.1 Å². The molecule has 1 aliphatic heterocycles. The topological polar surface area (TPSA) is 77.8 Å². The number of phenolic OH excluding ortho intramolecular Hbond substituents is 2. The number of thioether (sulfide) groups is 1. The zero-order valence-corrected chi connectivity index (χ0v) is 19.9. The summed E-state index contributed by atoms with van der Waals surface area (Å²) >= 11 is 1.21. The zero-order valence-electron chi connectivity index (χ0n) is 19.0. The molecule has 5 rings (SSSR count). The maximum absolute atomic E-state index is 13.2. The standard InChI is InChI=1S/C29H22FNO4S/c30-21-12-9-18(10-13-21)26(34)17-36-28-27(31(29(28)35)22-6-2-1-3-7-22)24-14-11-20(16-25(24)33)19-5-4-8-23(32)15-19/h1-16,27-28,32-33H,17H2/t27-,28-/m1/s1. The lowest BCUT2D eigenvalue weighted by atomic mass is 9.90. The fourth-order valence-electron chi connectivity index (χ4n) is 4.35. The molecule has 4 aromatic rings. The fraction of sp³-hybridized carbons (Fsp3) is 0.103. The third-order valence-corrected chi connectivity index (χ3v) is 7.42. The highest BCUT2D eigenvalue weighted by atomic mass is 32.2. The van der Waals surface area contributed by atoms with Gasteiger partial charge in [-0.05, 0) is 65.7 Å². The number of β-lactam (4-membered cyclic amide) rings is 1. The van der Waals surface area contributed by atoms with Gasteiger partial charge < -0.3 is 15.1 Å². The quantitative estimate of drug-likeness (QED) is 0.242. The predicted molar refractivity (Wildman–Crippen MR) is 139 cm³/mol. The fourth-order valence-corrected chi connectivity index (χ4v) is 5.55. The Morgan fingerprint density at radius 1 is 0.861 bits per heavy atom. The largest absolute Gasteiger partial charge is 0.508 e. The Balaban J connectivity index is 1.43. The van der Waals surface area contributed by atoms with Gasteiger partial charge in [-0.3, -0.25) is 9.59 Å². The van der Waals surface area contributed by atoms with Gasteiger partial charge in [0.15, 0.2) is 5.78 Å². The summed E-state index contributed by atoms with van der Waals surface area (Å²) in [6.07, 6.45) is 0. The third-order valence-electron chi connectivity index (χ3n) is 6.17. The Kier molecular flexibility index (Phi) is 6.48. The third kappa shape index (κ3) is 4.57. The van der Waals surface area contributed by atoms with E-state index in [1.807, 2.05) is 42.5 Å². The lowest BCUT2D eigenvalue weighted by Crippen LogP contribution is -2.57. The molecule has 1 saturated heterocycles. The highest BCUT2D eigenvalue weighted by Gasteiger charge is 2.50. The van der Waals surface area contributed by atoms with Crippen molar-refractivity contribution in [1.29, 1.82) is 0 Å². The minimum atomic E-state index is -0.577. The molecule has 180 valence electrons. The first-order chi connectivity index (χ1) is 17.4. The van der Waals surface area contributed by atoms with Crippen molar-refractivity contribution in [2.45, 2.75) is 11.3 Å². The Labute approximate surface area is 211 Å². The van der Waals surface area contributed by atoms with Crippen LogP contribution in [0, 0.1) is 5.82 Å². The molecule has 36 heavy (non-hydrogen) atoms. The number of phenols is 2. The molecule has 0 saturated carbocycles. The molecule has 7 heteroatoms. The van der Waals surface area contributed by atoms with E-state index in [2.05, 4.69) is 0 Å². The van der Waals surface area contributed by atoms with Crippen LogP contribution in [0.15, 0.2) is 97.1 Å². The molecule has 2 N–H and O–H groups in total. The van der Waals surface area contributed by atoms with Gasteiger partial charge in [0.2, 0.25) is 5.91 Å². The number of anilines is 1. The van der Waals surface area contributed by atoms with Crippen molar-refractivity contribution in [1.82, 2.24) is 0 Å². The summed E-state index contributed by atoms with van der Waals surface area (Å²) in [4.78, 5) is 27.5. The van der Waals surface area contributed by atoms with Gasteiger partial charge in [-0.15, -0.1) is 11.8 Å². The number of nitrogens with zero attached hydrogens (tertiary/aromatic N) is 1. The maximum atomic E-state index is 13.2. The number of amides is 1. The average Bonchev–Trinajstić information content (AvgIpc) is 2.88. The Hall–Kier alpha value is -4.10. The van der Waals surface area contributed by atoms with Crippen LogP contribution in [0.3, 0.4) is 0 Å². The van der Waals surface area contributed by atoms with Crippen molar-refractivity contribution in [2.75, 3.05) is 10.7 Å². The van der Waals surface area contributed by atoms with E-state index in [0.717, 1.165) is 11.1 Å². The number of para-hydroxylation sites is 1.